The highest BCUT2D eigenvalue weighted by atomic mass is 16.1. The second-order valence-corrected chi connectivity index (χ2v) is 7.73. The number of anilines is 1. The molecular weight excluding hydrogens is 320 g/mol. The lowest BCUT2D eigenvalue weighted by molar-refractivity contribution is -0.119. The second-order valence-electron chi connectivity index (χ2n) is 7.73. The Hall–Kier alpha value is -2.13. The van der Waals surface area contributed by atoms with E-state index < -0.39 is 0 Å². The first kappa shape index (κ1) is 17.3. The number of carbonyl (C=O) groups excluding carboxylic acids is 1. The van der Waals surface area contributed by atoms with Crippen LogP contribution in [0, 0.1) is 5.92 Å². The lowest BCUT2D eigenvalue weighted by atomic mass is 9.84. The molecule has 2 N–H and O–H groups in total. The number of rotatable bonds is 4. The predicted octanol–water partition coefficient (Wildman–Crippen LogP) is 4.68. The Labute approximate surface area is 156 Å². The number of hydrogen-bond acceptors (Lipinski definition) is 2. The second kappa shape index (κ2) is 8.05. The fourth-order valence-electron chi connectivity index (χ4n) is 4.51. The smallest absolute Gasteiger partial charge is 0.229 e. The maximum Gasteiger partial charge on any atom is 0.229 e. The minimum atomic E-state index is -0.0181. The van der Waals surface area contributed by atoms with Crippen molar-refractivity contribution in [3.63, 3.8) is 0 Å². The Bertz CT molecular complexity index is 720. The minimum Gasteiger partial charge on any atom is -0.326 e. The molecule has 1 amide bonds. The van der Waals surface area contributed by atoms with E-state index in [9.17, 15) is 4.79 Å². The highest BCUT2D eigenvalue weighted by molar-refractivity contribution is 5.93. The van der Waals surface area contributed by atoms with Crippen molar-refractivity contribution in [1.29, 1.82) is 0 Å². The van der Waals surface area contributed by atoms with E-state index >= 15 is 0 Å². The summed E-state index contributed by atoms with van der Waals surface area (Å²) >= 11 is 0. The SMILES string of the molecule is O=C(Nc1ccc(C2CCCCC2)cc1)[C@H]1CNC[C@@H]1c1ccccc1. The number of hydrogen-bond donors (Lipinski definition) is 2. The first-order valence-electron chi connectivity index (χ1n) is 9.98. The standard InChI is InChI=1S/C23H28N2O/c26-23(22-16-24-15-21(22)19-9-5-2-6-10-19)25-20-13-11-18(12-14-20)17-7-3-1-4-8-17/h2,5-6,9-14,17,21-22,24H,1,3-4,7-8,15-16H2,(H,25,26)/t21-,22+/m1/s1. The molecule has 2 aromatic carbocycles. The third-order valence-electron chi connectivity index (χ3n) is 6.03. The van der Waals surface area contributed by atoms with Crippen molar-refractivity contribution in [2.75, 3.05) is 18.4 Å². The number of amides is 1. The summed E-state index contributed by atoms with van der Waals surface area (Å²) in [5.41, 5.74) is 3.57. The monoisotopic (exact) mass is 348 g/mol. The van der Waals surface area contributed by atoms with E-state index in [0.717, 1.165) is 18.8 Å². The molecule has 1 aliphatic carbocycles. The van der Waals surface area contributed by atoms with Gasteiger partial charge in [-0.2, -0.15) is 0 Å². The highest BCUT2D eigenvalue weighted by Crippen LogP contribution is 2.33. The molecule has 26 heavy (non-hydrogen) atoms. The molecule has 4 rings (SSSR count). The van der Waals surface area contributed by atoms with Crippen molar-refractivity contribution in [3.8, 4) is 0 Å². The third-order valence-corrected chi connectivity index (χ3v) is 6.03. The summed E-state index contributed by atoms with van der Waals surface area (Å²) in [6, 6.07) is 18.9. The molecule has 2 fully saturated rings. The van der Waals surface area contributed by atoms with Gasteiger partial charge in [-0.25, -0.2) is 0 Å². The van der Waals surface area contributed by atoms with E-state index in [1.807, 2.05) is 18.2 Å². The molecule has 0 radical (unpaired) electrons. The number of carbonyl (C=O) groups is 1. The van der Waals surface area contributed by atoms with Gasteiger partial charge < -0.3 is 10.6 Å². The highest BCUT2D eigenvalue weighted by Gasteiger charge is 2.33. The molecule has 2 aliphatic rings. The van der Waals surface area contributed by atoms with Gasteiger partial charge in [0.25, 0.3) is 0 Å². The van der Waals surface area contributed by atoms with E-state index in [4.69, 9.17) is 0 Å². The summed E-state index contributed by atoms with van der Waals surface area (Å²) in [6.45, 7) is 1.61. The van der Waals surface area contributed by atoms with E-state index in [0.29, 0.717) is 5.92 Å². The topological polar surface area (TPSA) is 41.1 Å². The first-order valence-corrected chi connectivity index (χ1v) is 9.98. The van der Waals surface area contributed by atoms with Crippen LogP contribution in [0.15, 0.2) is 54.6 Å². The van der Waals surface area contributed by atoms with Gasteiger partial charge in [-0.05, 0) is 42.0 Å². The van der Waals surface area contributed by atoms with Gasteiger partial charge in [-0.3, -0.25) is 4.79 Å². The summed E-state index contributed by atoms with van der Waals surface area (Å²) in [4.78, 5) is 12.8. The van der Waals surface area contributed by atoms with Crippen molar-refractivity contribution in [3.05, 3.63) is 65.7 Å². The van der Waals surface area contributed by atoms with Gasteiger partial charge in [0.1, 0.15) is 0 Å². The summed E-state index contributed by atoms with van der Waals surface area (Å²) in [5, 5.41) is 6.51. The quantitative estimate of drug-likeness (QED) is 0.842. The van der Waals surface area contributed by atoms with Crippen LogP contribution in [0.1, 0.15) is 55.1 Å². The lowest BCUT2D eigenvalue weighted by Crippen LogP contribution is -2.28. The van der Waals surface area contributed by atoms with Crippen LogP contribution in [0.2, 0.25) is 0 Å². The average Bonchev–Trinajstić information content (AvgIpc) is 3.20. The zero-order chi connectivity index (χ0) is 17.8. The fraction of sp³-hybridized carbons (Fsp3) is 0.435. The Morgan fingerprint density at radius 1 is 0.846 bits per heavy atom. The molecule has 1 aliphatic heterocycles. The van der Waals surface area contributed by atoms with Crippen LogP contribution in [0.3, 0.4) is 0 Å². The van der Waals surface area contributed by atoms with Crippen LogP contribution >= 0.6 is 0 Å². The molecule has 0 aromatic heterocycles. The molecule has 3 nitrogen and oxygen atoms in total. The lowest BCUT2D eigenvalue weighted by Gasteiger charge is -2.22. The predicted molar refractivity (Wildman–Crippen MR) is 106 cm³/mol. The molecule has 3 heteroatoms. The Balaban J connectivity index is 1.41. The molecule has 2 aromatic rings. The largest absolute Gasteiger partial charge is 0.326 e. The average molecular weight is 348 g/mol. The summed E-state index contributed by atoms with van der Waals surface area (Å²) in [5.74, 6) is 1.05. The van der Waals surface area contributed by atoms with E-state index in [1.54, 1.807) is 0 Å². The minimum absolute atomic E-state index is 0.0181. The van der Waals surface area contributed by atoms with Crippen LogP contribution in [0.5, 0.6) is 0 Å². The number of benzene rings is 2. The van der Waals surface area contributed by atoms with Gasteiger partial charge in [-0.1, -0.05) is 61.7 Å². The van der Waals surface area contributed by atoms with Gasteiger partial charge >= 0.3 is 0 Å². The fourth-order valence-corrected chi connectivity index (χ4v) is 4.51. The van der Waals surface area contributed by atoms with E-state index in [2.05, 4.69) is 47.0 Å². The molecule has 136 valence electrons. The van der Waals surface area contributed by atoms with Gasteiger partial charge in [0.15, 0.2) is 0 Å². The maximum atomic E-state index is 12.8. The molecule has 1 saturated carbocycles. The molecule has 1 heterocycles. The van der Waals surface area contributed by atoms with E-state index in [1.165, 1.54) is 43.2 Å². The number of nitrogens with one attached hydrogen (secondary N) is 2. The molecule has 0 bridgehead atoms. The van der Waals surface area contributed by atoms with Crippen LogP contribution in [0.4, 0.5) is 5.69 Å². The van der Waals surface area contributed by atoms with Crippen molar-refractivity contribution >= 4 is 11.6 Å². The normalized spacial score (nSPS) is 23.7. The molecular formula is C23H28N2O. The van der Waals surface area contributed by atoms with E-state index in [-0.39, 0.29) is 17.7 Å². The third kappa shape index (κ3) is 3.83. The zero-order valence-electron chi connectivity index (χ0n) is 15.3. The van der Waals surface area contributed by atoms with Crippen LogP contribution in [-0.2, 0) is 4.79 Å². The van der Waals surface area contributed by atoms with Gasteiger partial charge in [0.05, 0.1) is 5.92 Å². The Morgan fingerprint density at radius 3 is 2.31 bits per heavy atom. The zero-order valence-corrected chi connectivity index (χ0v) is 15.3. The van der Waals surface area contributed by atoms with Crippen molar-refractivity contribution < 1.29 is 4.79 Å². The van der Waals surface area contributed by atoms with Gasteiger partial charge in [0.2, 0.25) is 5.91 Å². The summed E-state index contributed by atoms with van der Waals surface area (Å²) in [6.07, 6.45) is 6.68. The van der Waals surface area contributed by atoms with Crippen LogP contribution < -0.4 is 10.6 Å². The van der Waals surface area contributed by atoms with Crippen molar-refractivity contribution in [2.24, 2.45) is 5.92 Å². The summed E-state index contributed by atoms with van der Waals surface area (Å²) < 4.78 is 0. The molecule has 0 unspecified atom stereocenters. The van der Waals surface area contributed by atoms with Crippen molar-refractivity contribution in [2.45, 2.75) is 43.9 Å². The molecule has 2 atom stereocenters. The molecule has 1 saturated heterocycles. The van der Waals surface area contributed by atoms with Gasteiger partial charge in [0, 0.05) is 24.7 Å². The Kier molecular flexibility index (Phi) is 5.35. The first-order chi connectivity index (χ1) is 12.8. The van der Waals surface area contributed by atoms with Crippen LogP contribution in [-0.4, -0.2) is 19.0 Å². The maximum absolute atomic E-state index is 12.8. The Morgan fingerprint density at radius 2 is 1.58 bits per heavy atom. The van der Waals surface area contributed by atoms with Crippen LogP contribution in [0.25, 0.3) is 0 Å². The van der Waals surface area contributed by atoms with Crippen molar-refractivity contribution in [1.82, 2.24) is 5.32 Å². The molecule has 0 spiro atoms. The summed E-state index contributed by atoms with van der Waals surface area (Å²) in [7, 11) is 0. The van der Waals surface area contributed by atoms with Gasteiger partial charge in [-0.15, -0.1) is 0 Å².